The second-order valence-corrected chi connectivity index (χ2v) is 8.92. The molecule has 0 atom stereocenters. The maximum atomic E-state index is 12.3. The van der Waals surface area contributed by atoms with Crippen LogP contribution in [0.4, 0.5) is 5.69 Å². The van der Waals surface area contributed by atoms with Gasteiger partial charge in [0.25, 0.3) is 15.9 Å². The Morgan fingerprint density at radius 1 is 1.00 bits per heavy atom. The summed E-state index contributed by atoms with van der Waals surface area (Å²) >= 11 is 1.14. The second-order valence-electron chi connectivity index (χ2n) is 6.07. The molecule has 0 aliphatic rings. The highest BCUT2D eigenvalue weighted by molar-refractivity contribution is 7.94. The Morgan fingerprint density at radius 3 is 2.36 bits per heavy atom. The lowest BCUT2D eigenvalue weighted by Crippen LogP contribution is -2.19. The number of anilines is 1. The number of nitrogens with one attached hydrogen (secondary N) is 2. The Hall–Kier alpha value is -2.97. The van der Waals surface area contributed by atoms with Crippen LogP contribution < -0.4 is 10.1 Å². The molecule has 0 aliphatic heterocycles. The van der Waals surface area contributed by atoms with Crippen molar-refractivity contribution in [2.75, 3.05) is 4.72 Å². The van der Waals surface area contributed by atoms with Gasteiger partial charge >= 0.3 is 0 Å². The lowest BCUT2D eigenvalue weighted by atomic mass is 10.1. The van der Waals surface area contributed by atoms with Gasteiger partial charge in [0, 0.05) is 16.8 Å². The number of amides is 1. The number of thiophene rings is 1. The van der Waals surface area contributed by atoms with E-state index >= 15 is 0 Å². The monoisotopic (exact) mass is 413 g/mol. The molecule has 3 aromatic rings. The molecule has 3 rings (SSSR count). The van der Waals surface area contributed by atoms with Crippen molar-refractivity contribution >= 4 is 38.7 Å². The third kappa shape index (κ3) is 4.65. The van der Waals surface area contributed by atoms with Crippen LogP contribution in [0.25, 0.3) is 0 Å². The predicted molar refractivity (Wildman–Crippen MR) is 112 cm³/mol. The summed E-state index contributed by atoms with van der Waals surface area (Å²) in [6.45, 7) is 3.80. The summed E-state index contributed by atoms with van der Waals surface area (Å²) in [5, 5.41) is 5.85. The molecular weight excluding hydrogens is 394 g/mol. The van der Waals surface area contributed by atoms with Crippen LogP contribution in [0.3, 0.4) is 0 Å². The zero-order valence-corrected chi connectivity index (χ0v) is 17.0. The molecule has 0 radical (unpaired) electrons. The first kappa shape index (κ1) is 19.8. The van der Waals surface area contributed by atoms with E-state index in [1.54, 1.807) is 23.6 Å². The van der Waals surface area contributed by atoms with Crippen LogP contribution in [-0.2, 0) is 10.0 Å². The van der Waals surface area contributed by atoms with Crippen molar-refractivity contribution in [1.29, 1.82) is 0 Å². The Kier molecular flexibility index (Phi) is 5.91. The molecule has 1 amide bonds. The van der Waals surface area contributed by atoms with Crippen LogP contribution in [0.15, 0.2) is 75.4 Å². The molecule has 2 N–H and O–H groups in total. The minimum atomic E-state index is -3.61. The maximum Gasteiger partial charge on any atom is 0.271 e. The summed E-state index contributed by atoms with van der Waals surface area (Å²) < 4.78 is 27.2. The third-order valence-corrected chi connectivity index (χ3v) is 6.80. The minimum absolute atomic E-state index is 0.232. The number of hydrogen-bond acceptors (Lipinski definition) is 5. The van der Waals surface area contributed by atoms with Gasteiger partial charge in [-0.15, -0.1) is 11.3 Å². The van der Waals surface area contributed by atoms with Gasteiger partial charge < -0.3 is 0 Å². The number of benzene rings is 2. The maximum absolute atomic E-state index is 12.3. The topological polar surface area (TPSA) is 87.6 Å². The molecule has 0 unspecified atom stereocenters. The van der Waals surface area contributed by atoms with Gasteiger partial charge in [0.05, 0.1) is 5.71 Å². The number of aryl methyl sites for hydroxylation is 1. The van der Waals surface area contributed by atoms with E-state index in [0.717, 1.165) is 22.5 Å². The Morgan fingerprint density at radius 2 is 1.71 bits per heavy atom. The summed E-state index contributed by atoms with van der Waals surface area (Å²) in [6.07, 6.45) is 0. The van der Waals surface area contributed by atoms with Gasteiger partial charge in [-0.05, 0) is 55.1 Å². The van der Waals surface area contributed by atoms with E-state index in [9.17, 15) is 13.2 Å². The number of sulfonamides is 1. The fourth-order valence-electron chi connectivity index (χ4n) is 2.55. The Bertz CT molecular complexity index is 1100. The summed E-state index contributed by atoms with van der Waals surface area (Å²) in [5.41, 5.74) is 6.01. The molecule has 2 aromatic carbocycles. The van der Waals surface area contributed by atoms with Gasteiger partial charge in [-0.1, -0.05) is 30.3 Å². The smallest absolute Gasteiger partial charge is 0.271 e. The van der Waals surface area contributed by atoms with Crippen molar-refractivity contribution < 1.29 is 13.2 Å². The van der Waals surface area contributed by atoms with E-state index < -0.39 is 10.0 Å². The van der Waals surface area contributed by atoms with Crippen molar-refractivity contribution in [2.24, 2.45) is 5.10 Å². The first-order valence-electron chi connectivity index (χ1n) is 8.44. The molecule has 0 aliphatic carbocycles. The number of nitrogens with zero attached hydrogens (tertiary/aromatic N) is 1. The molecule has 0 saturated heterocycles. The number of carbonyl (C=O) groups is 1. The van der Waals surface area contributed by atoms with Crippen LogP contribution >= 0.6 is 11.3 Å². The molecule has 0 spiro atoms. The fourth-order valence-corrected chi connectivity index (χ4v) is 4.60. The van der Waals surface area contributed by atoms with Gasteiger partial charge in [0.2, 0.25) is 0 Å². The van der Waals surface area contributed by atoms with Gasteiger partial charge in [-0.3, -0.25) is 9.52 Å². The highest BCUT2D eigenvalue weighted by Crippen LogP contribution is 2.20. The standard InChI is InChI=1S/C20H19N3O3S2/c1-14-6-3-4-7-18(14)15(2)21-22-20(24)16-9-11-17(12-10-16)23-28(25,26)19-8-5-13-27-19/h3-13,23H,1-2H3,(H,22,24)/b21-15-. The normalized spacial score (nSPS) is 11.9. The van der Waals surface area contributed by atoms with Gasteiger partial charge in [-0.25, -0.2) is 13.8 Å². The number of hydrogen-bond donors (Lipinski definition) is 2. The molecule has 0 bridgehead atoms. The van der Waals surface area contributed by atoms with Crippen molar-refractivity contribution in [1.82, 2.24) is 5.43 Å². The van der Waals surface area contributed by atoms with Crippen LogP contribution in [0.1, 0.15) is 28.4 Å². The fraction of sp³-hybridized carbons (Fsp3) is 0.100. The molecule has 144 valence electrons. The zero-order valence-electron chi connectivity index (χ0n) is 15.3. The lowest BCUT2D eigenvalue weighted by Gasteiger charge is -2.08. The average molecular weight is 414 g/mol. The quantitative estimate of drug-likeness (QED) is 0.473. The lowest BCUT2D eigenvalue weighted by molar-refractivity contribution is 0.0955. The van der Waals surface area contributed by atoms with Crippen molar-refractivity contribution in [3.8, 4) is 0 Å². The largest absolute Gasteiger partial charge is 0.279 e. The molecule has 0 fully saturated rings. The molecule has 6 nitrogen and oxygen atoms in total. The number of hydrazone groups is 1. The van der Waals surface area contributed by atoms with Gasteiger partial charge in [-0.2, -0.15) is 5.10 Å². The van der Waals surface area contributed by atoms with E-state index in [-0.39, 0.29) is 10.1 Å². The second kappa shape index (κ2) is 8.37. The predicted octanol–water partition coefficient (Wildman–Crippen LogP) is 4.01. The summed E-state index contributed by atoms with van der Waals surface area (Å²) in [6, 6.07) is 17.1. The van der Waals surface area contributed by atoms with Crippen molar-refractivity contribution in [3.05, 3.63) is 82.7 Å². The zero-order chi connectivity index (χ0) is 20.1. The van der Waals surface area contributed by atoms with Crippen molar-refractivity contribution in [2.45, 2.75) is 18.1 Å². The molecular formula is C20H19N3O3S2. The molecule has 1 heterocycles. The van der Waals surface area contributed by atoms with E-state index in [1.165, 1.54) is 18.2 Å². The highest BCUT2D eigenvalue weighted by atomic mass is 32.2. The van der Waals surface area contributed by atoms with Gasteiger partial charge in [0.15, 0.2) is 0 Å². The van der Waals surface area contributed by atoms with Gasteiger partial charge in [0.1, 0.15) is 4.21 Å². The van der Waals surface area contributed by atoms with Crippen LogP contribution in [0, 0.1) is 6.92 Å². The van der Waals surface area contributed by atoms with E-state index in [2.05, 4.69) is 15.2 Å². The average Bonchev–Trinajstić information content (AvgIpc) is 3.22. The van der Waals surface area contributed by atoms with E-state index in [0.29, 0.717) is 17.0 Å². The molecule has 8 heteroatoms. The highest BCUT2D eigenvalue weighted by Gasteiger charge is 2.15. The first-order chi connectivity index (χ1) is 13.4. The summed E-state index contributed by atoms with van der Waals surface area (Å²) in [5.74, 6) is -0.374. The summed E-state index contributed by atoms with van der Waals surface area (Å²) in [4.78, 5) is 12.3. The minimum Gasteiger partial charge on any atom is -0.279 e. The Balaban J connectivity index is 1.67. The number of rotatable bonds is 6. The number of carbonyl (C=O) groups excluding carboxylic acids is 1. The van der Waals surface area contributed by atoms with Crippen LogP contribution in [-0.4, -0.2) is 20.0 Å². The van der Waals surface area contributed by atoms with E-state index in [4.69, 9.17) is 0 Å². The SMILES string of the molecule is C/C(=N/NC(=O)c1ccc(NS(=O)(=O)c2cccs2)cc1)c1ccccc1C. The van der Waals surface area contributed by atoms with Crippen LogP contribution in [0.5, 0.6) is 0 Å². The van der Waals surface area contributed by atoms with Crippen LogP contribution in [0.2, 0.25) is 0 Å². The molecule has 28 heavy (non-hydrogen) atoms. The Labute approximate surface area is 168 Å². The third-order valence-electron chi connectivity index (χ3n) is 4.02. The molecule has 0 saturated carbocycles. The van der Waals surface area contributed by atoms with E-state index in [1.807, 2.05) is 38.1 Å². The molecule has 1 aromatic heterocycles. The van der Waals surface area contributed by atoms with Crippen molar-refractivity contribution in [3.63, 3.8) is 0 Å². The summed E-state index contributed by atoms with van der Waals surface area (Å²) in [7, 11) is -3.61. The first-order valence-corrected chi connectivity index (χ1v) is 10.8.